The number of hydrogen-bond acceptors (Lipinski definition) is 3. The van der Waals surface area contributed by atoms with Crippen molar-refractivity contribution in [3.8, 4) is 11.5 Å². The zero-order valence-electron chi connectivity index (χ0n) is 11.4. The second-order valence-corrected chi connectivity index (χ2v) is 5.46. The molecule has 0 saturated carbocycles. The standard InChI is InChI=1S/C16H14BrClO3/c1-2-20-14-9-12(16(18)19)8-13(17)15(14)21-10-11-6-4-3-5-7-11/h3-9H,2,10H2,1H3. The SMILES string of the molecule is CCOc1cc(C(=O)Cl)cc(Br)c1OCc1ccccc1. The second-order valence-electron chi connectivity index (χ2n) is 4.27. The lowest BCUT2D eigenvalue weighted by atomic mass is 10.2. The fourth-order valence-corrected chi connectivity index (χ4v) is 2.48. The molecular formula is C16H14BrClO3. The monoisotopic (exact) mass is 368 g/mol. The van der Waals surface area contributed by atoms with E-state index in [2.05, 4.69) is 15.9 Å². The van der Waals surface area contributed by atoms with Crippen LogP contribution in [0.15, 0.2) is 46.9 Å². The van der Waals surface area contributed by atoms with Crippen molar-refractivity contribution in [2.45, 2.75) is 13.5 Å². The molecule has 0 radical (unpaired) electrons. The number of halogens is 2. The molecule has 0 fully saturated rings. The Labute approximate surface area is 137 Å². The first-order valence-corrected chi connectivity index (χ1v) is 7.61. The van der Waals surface area contributed by atoms with Crippen LogP contribution in [-0.4, -0.2) is 11.8 Å². The minimum absolute atomic E-state index is 0.360. The molecule has 0 amide bonds. The maximum atomic E-state index is 11.3. The number of rotatable bonds is 6. The van der Waals surface area contributed by atoms with E-state index in [0.717, 1.165) is 5.56 Å². The number of hydrogen-bond donors (Lipinski definition) is 0. The van der Waals surface area contributed by atoms with Gasteiger partial charge in [-0.05, 0) is 52.2 Å². The van der Waals surface area contributed by atoms with Crippen LogP contribution in [0.3, 0.4) is 0 Å². The summed E-state index contributed by atoms with van der Waals surface area (Å²) in [6, 6.07) is 13.0. The fourth-order valence-electron chi connectivity index (χ4n) is 1.81. The average Bonchev–Trinajstić information content (AvgIpc) is 2.47. The molecule has 5 heteroatoms. The van der Waals surface area contributed by atoms with Crippen molar-refractivity contribution < 1.29 is 14.3 Å². The predicted molar refractivity (Wildman–Crippen MR) is 86.3 cm³/mol. The zero-order chi connectivity index (χ0) is 15.2. The lowest BCUT2D eigenvalue weighted by molar-refractivity contribution is 0.108. The smallest absolute Gasteiger partial charge is 0.252 e. The Morgan fingerprint density at radius 2 is 1.90 bits per heavy atom. The van der Waals surface area contributed by atoms with Crippen molar-refractivity contribution in [1.29, 1.82) is 0 Å². The molecule has 2 aromatic rings. The van der Waals surface area contributed by atoms with Gasteiger partial charge in [0.1, 0.15) is 6.61 Å². The van der Waals surface area contributed by atoms with E-state index in [9.17, 15) is 4.79 Å². The summed E-state index contributed by atoms with van der Waals surface area (Å²) in [6.07, 6.45) is 0. The van der Waals surface area contributed by atoms with E-state index in [1.54, 1.807) is 12.1 Å². The van der Waals surface area contributed by atoms with Crippen LogP contribution < -0.4 is 9.47 Å². The lowest BCUT2D eigenvalue weighted by Crippen LogP contribution is -2.02. The van der Waals surface area contributed by atoms with Gasteiger partial charge in [0.2, 0.25) is 0 Å². The van der Waals surface area contributed by atoms with Crippen molar-refractivity contribution in [3.05, 3.63) is 58.1 Å². The van der Waals surface area contributed by atoms with Crippen LogP contribution in [0.2, 0.25) is 0 Å². The van der Waals surface area contributed by atoms with Crippen LogP contribution >= 0.6 is 27.5 Å². The third-order valence-electron chi connectivity index (χ3n) is 2.76. The average molecular weight is 370 g/mol. The Kier molecular flexibility index (Phi) is 5.65. The number of benzene rings is 2. The van der Waals surface area contributed by atoms with Crippen molar-refractivity contribution in [2.24, 2.45) is 0 Å². The van der Waals surface area contributed by atoms with Gasteiger partial charge in [-0.2, -0.15) is 0 Å². The highest BCUT2D eigenvalue weighted by Crippen LogP contribution is 2.37. The summed E-state index contributed by atoms with van der Waals surface area (Å²) in [4.78, 5) is 11.3. The number of ether oxygens (including phenoxy) is 2. The summed E-state index contributed by atoms with van der Waals surface area (Å²) < 4.78 is 12.0. The van der Waals surface area contributed by atoms with Crippen LogP contribution in [0.4, 0.5) is 0 Å². The van der Waals surface area contributed by atoms with E-state index in [4.69, 9.17) is 21.1 Å². The Hall–Kier alpha value is -1.52. The number of carbonyl (C=O) groups excluding carboxylic acids is 1. The molecule has 3 nitrogen and oxygen atoms in total. The summed E-state index contributed by atoms with van der Waals surface area (Å²) in [5.74, 6) is 1.05. The van der Waals surface area contributed by atoms with Crippen LogP contribution in [-0.2, 0) is 6.61 Å². The van der Waals surface area contributed by atoms with E-state index in [1.165, 1.54) is 0 Å². The molecule has 0 unspecified atom stereocenters. The van der Waals surface area contributed by atoms with Crippen molar-refractivity contribution in [3.63, 3.8) is 0 Å². The molecule has 21 heavy (non-hydrogen) atoms. The Morgan fingerprint density at radius 1 is 1.19 bits per heavy atom. The second kappa shape index (κ2) is 7.48. The van der Waals surface area contributed by atoms with Gasteiger partial charge in [0, 0.05) is 5.56 Å². The van der Waals surface area contributed by atoms with Gasteiger partial charge in [0.15, 0.2) is 11.5 Å². The zero-order valence-corrected chi connectivity index (χ0v) is 13.8. The summed E-state index contributed by atoms with van der Waals surface area (Å²) in [6.45, 7) is 2.74. The molecule has 2 rings (SSSR count). The third kappa shape index (κ3) is 4.22. The summed E-state index contributed by atoms with van der Waals surface area (Å²) in [7, 11) is 0. The molecule has 110 valence electrons. The van der Waals surface area contributed by atoms with Crippen molar-refractivity contribution in [2.75, 3.05) is 6.61 Å². The maximum absolute atomic E-state index is 11.3. The molecule has 0 saturated heterocycles. The molecule has 2 aromatic carbocycles. The summed E-state index contributed by atoms with van der Waals surface area (Å²) in [5, 5.41) is -0.536. The molecule has 0 bridgehead atoms. The van der Waals surface area contributed by atoms with E-state index < -0.39 is 5.24 Å². The van der Waals surface area contributed by atoms with Crippen LogP contribution in [0.1, 0.15) is 22.8 Å². The first-order valence-electron chi connectivity index (χ1n) is 6.44. The molecule has 0 N–H and O–H groups in total. The quantitative estimate of drug-likeness (QED) is 0.686. The Morgan fingerprint density at radius 3 is 2.52 bits per heavy atom. The first kappa shape index (κ1) is 15.9. The van der Waals surface area contributed by atoms with Gasteiger partial charge in [0.25, 0.3) is 5.24 Å². The molecule has 0 spiro atoms. The highest BCUT2D eigenvalue weighted by atomic mass is 79.9. The number of carbonyl (C=O) groups is 1. The van der Waals surface area contributed by atoms with E-state index in [0.29, 0.717) is 34.7 Å². The molecule has 0 atom stereocenters. The summed E-state index contributed by atoms with van der Waals surface area (Å²) >= 11 is 8.91. The van der Waals surface area contributed by atoms with Crippen molar-refractivity contribution >= 4 is 32.8 Å². The normalized spacial score (nSPS) is 10.2. The van der Waals surface area contributed by atoms with Gasteiger partial charge in [-0.1, -0.05) is 30.3 Å². The van der Waals surface area contributed by atoms with Crippen LogP contribution in [0.5, 0.6) is 11.5 Å². The predicted octanol–water partition coefficient (Wildman–Crippen LogP) is 4.81. The highest BCUT2D eigenvalue weighted by molar-refractivity contribution is 9.10. The lowest BCUT2D eigenvalue weighted by Gasteiger charge is -2.14. The summed E-state index contributed by atoms with van der Waals surface area (Å²) in [5.41, 5.74) is 1.41. The minimum Gasteiger partial charge on any atom is -0.490 e. The van der Waals surface area contributed by atoms with Gasteiger partial charge in [0.05, 0.1) is 11.1 Å². The molecule has 0 aromatic heterocycles. The van der Waals surface area contributed by atoms with Gasteiger partial charge in [-0.3, -0.25) is 4.79 Å². The van der Waals surface area contributed by atoms with Crippen LogP contribution in [0.25, 0.3) is 0 Å². The van der Waals surface area contributed by atoms with Crippen LogP contribution in [0, 0.1) is 0 Å². The van der Waals surface area contributed by atoms with Gasteiger partial charge >= 0.3 is 0 Å². The van der Waals surface area contributed by atoms with E-state index in [1.807, 2.05) is 37.3 Å². The largest absolute Gasteiger partial charge is 0.490 e. The first-order chi connectivity index (χ1) is 10.1. The molecule has 0 aliphatic carbocycles. The Balaban J connectivity index is 2.26. The maximum Gasteiger partial charge on any atom is 0.252 e. The minimum atomic E-state index is -0.536. The molecule has 0 aliphatic rings. The van der Waals surface area contributed by atoms with Crippen molar-refractivity contribution in [1.82, 2.24) is 0 Å². The Bertz CT molecular complexity index is 629. The van der Waals surface area contributed by atoms with E-state index in [-0.39, 0.29) is 0 Å². The molecule has 0 heterocycles. The fraction of sp³-hybridized carbons (Fsp3) is 0.188. The van der Waals surface area contributed by atoms with Gasteiger partial charge in [-0.15, -0.1) is 0 Å². The molecule has 0 aliphatic heterocycles. The highest BCUT2D eigenvalue weighted by Gasteiger charge is 2.15. The molecular weight excluding hydrogens is 356 g/mol. The van der Waals surface area contributed by atoms with Gasteiger partial charge in [-0.25, -0.2) is 0 Å². The third-order valence-corrected chi connectivity index (χ3v) is 3.57. The topological polar surface area (TPSA) is 35.5 Å². The van der Waals surface area contributed by atoms with E-state index >= 15 is 0 Å². The van der Waals surface area contributed by atoms with Gasteiger partial charge < -0.3 is 9.47 Å².